The third-order valence-electron chi connectivity index (χ3n) is 13.0. The van der Waals surface area contributed by atoms with Crippen molar-refractivity contribution in [2.24, 2.45) is 20.0 Å². The highest BCUT2D eigenvalue weighted by Gasteiger charge is 2.27. The molecule has 0 atom stereocenters. The van der Waals surface area contributed by atoms with Crippen molar-refractivity contribution in [3.63, 3.8) is 0 Å². The maximum absolute atomic E-state index is 5.40. The van der Waals surface area contributed by atoms with Crippen molar-refractivity contribution in [3.05, 3.63) is 142 Å². The third kappa shape index (κ3) is 17.4. The second-order valence-electron chi connectivity index (χ2n) is 19.3. The zero-order chi connectivity index (χ0) is 47.8. The van der Waals surface area contributed by atoms with E-state index < -0.39 is 0 Å². The fourth-order valence-electron chi connectivity index (χ4n) is 8.77. The molecule has 0 fully saturated rings. The molecule has 0 saturated heterocycles. The van der Waals surface area contributed by atoms with E-state index in [1.165, 1.54) is 125 Å². The van der Waals surface area contributed by atoms with Gasteiger partial charge in [0.15, 0.2) is 35.0 Å². The molecular weight excluding hydrogens is 833 g/mol. The van der Waals surface area contributed by atoms with Gasteiger partial charge in [0.1, 0.15) is 0 Å². The highest BCUT2D eigenvalue weighted by molar-refractivity contribution is 6.50. The van der Waals surface area contributed by atoms with Gasteiger partial charge in [0, 0.05) is 33.9 Å². The number of anilines is 4. The van der Waals surface area contributed by atoms with Crippen LogP contribution < -0.4 is 21.3 Å². The average molecular weight is 915 g/mol. The normalized spacial score (nSPS) is 13.3. The monoisotopic (exact) mass is 915 g/mol. The van der Waals surface area contributed by atoms with Crippen LogP contribution in [0.15, 0.2) is 140 Å². The Balaban J connectivity index is 1.40. The molecule has 4 aromatic rings. The molecule has 6 rings (SSSR count). The summed E-state index contributed by atoms with van der Waals surface area (Å²) < 4.78 is 0. The zero-order valence-electron chi connectivity index (χ0n) is 42.6. The highest BCUT2D eigenvalue weighted by Crippen LogP contribution is 2.35. The van der Waals surface area contributed by atoms with Crippen LogP contribution in [0.1, 0.15) is 177 Å². The van der Waals surface area contributed by atoms with Gasteiger partial charge < -0.3 is 21.3 Å². The van der Waals surface area contributed by atoms with E-state index in [0.717, 1.165) is 84.1 Å². The van der Waals surface area contributed by atoms with E-state index in [1.54, 1.807) is 0 Å². The van der Waals surface area contributed by atoms with Crippen molar-refractivity contribution in [2.45, 2.75) is 183 Å². The number of unbranched alkanes of at least 4 members (excludes halogenated alkanes) is 18. The van der Waals surface area contributed by atoms with Gasteiger partial charge >= 0.3 is 0 Å². The Bertz CT molecular complexity index is 2030. The van der Waals surface area contributed by atoms with Crippen LogP contribution in [0.4, 0.5) is 22.7 Å². The van der Waals surface area contributed by atoms with E-state index in [-0.39, 0.29) is 0 Å². The SMILES string of the molecule is CCCCCCCCCCCCC(=C1N=C(Nc2ccc(C)cc2)C(Nc2ccc(C)cc2)=N1)C(CCCCCCCCCCCC)=C1N=C(Nc2ccc(C)cc2)C(Nc2ccc(C)cc2)=N1. The van der Waals surface area contributed by atoms with Crippen LogP contribution in [-0.4, -0.2) is 23.3 Å². The predicted molar refractivity (Wildman–Crippen MR) is 296 cm³/mol. The Labute approximate surface area is 410 Å². The molecule has 4 aromatic carbocycles. The van der Waals surface area contributed by atoms with Gasteiger partial charge in [-0.05, 0) is 102 Å². The molecule has 0 unspecified atom stereocenters. The maximum Gasteiger partial charge on any atom is 0.176 e. The molecule has 0 aromatic heterocycles. The molecule has 2 heterocycles. The first kappa shape index (κ1) is 51.6. The van der Waals surface area contributed by atoms with E-state index in [1.807, 2.05) is 0 Å². The minimum absolute atomic E-state index is 0.704. The molecule has 0 aliphatic carbocycles. The van der Waals surface area contributed by atoms with Crippen LogP contribution in [0.3, 0.4) is 0 Å². The predicted octanol–water partition coefficient (Wildman–Crippen LogP) is 17.3. The first-order valence-corrected chi connectivity index (χ1v) is 26.4. The van der Waals surface area contributed by atoms with Gasteiger partial charge in [-0.2, -0.15) is 0 Å². The number of hydrogen-bond acceptors (Lipinski definition) is 8. The van der Waals surface area contributed by atoms with Gasteiger partial charge in [0.25, 0.3) is 0 Å². The second-order valence-corrected chi connectivity index (χ2v) is 19.3. The standard InChI is InChI=1S/C60H82N8/c1-7-9-11-13-15-17-19-21-23-25-27-53(55-65-57(61-49-37-29-45(3)30-38-49)58(66-55)62-50-39-31-46(4)32-40-50)54(28-26-24-22-20-18-16-14-12-10-8-2)56-67-59(63-51-41-33-47(5)34-42-51)60(68-56)64-52-43-35-48(6)36-44-52/h29-44H,7-28H2,1-6H3,(H,61,65)(H,62,66)(H,63,67)(H,64,68). The maximum atomic E-state index is 5.40. The summed E-state index contributed by atoms with van der Waals surface area (Å²) in [5, 5.41) is 14.6. The lowest BCUT2D eigenvalue weighted by molar-refractivity contribution is 0.552. The van der Waals surface area contributed by atoms with Crippen LogP contribution in [0, 0.1) is 27.7 Å². The molecule has 2 aliphatic heterocycles. The van der Waals surface area contributed by atoms with Crippen molar-refractivity contribution >= 4 is 46.1 Å². The van der Waals surface area contributed by atoms with E-state index in [0.29, 0.717) is 23.3 Å². The number of benzene rings is 4. The lowest BCUT2D eigenvalue weighted by Gasteiger charge is -2.15. The average Bonchev–Trinajstić information content (AvgIpc) is 3.93. The zero-order valence-corrected chi connectivity index (χ0v) is 42.6. The minimum Gasteiger partial charge on any atom is -0.337 e. The number of allylic oxidation sites excluding steroid dienone is 2. The van der Waals surface area contributed by atoms with Gasteiger partial charge in [0.2, 0.25) is 0 Å². The van der Waals surface area contributed by atoms with Crippen LogP contribution in [0.5, 0.6) is 0 Å². The molecule has 0 spiro atoms. The summed E-state index contributed by atoms with van der Waals surface area (Å²) in [7, 11) is 0. The summed E-state index contributed by atoms with van der Waals surface area (Å²) in [4.78, 5) is 21.6. The topological polar surface area (TPSA) is 97.6 Å². The summed E-state index contributed by atoms with van der Waals surface area (Å²) in [6.45, 7) is 13.0. The molecule has 0 radical (unpaired) electrons. The highest BCUT2D eigenvalue weighted by atomic mass is 15.2. The van der Waals surface area contributed by atoms with Crippen molar-refractivity contribution in [1.82, 2.24) is 0 Å². The van der Waals surface area contributed by atoms with Crippen molar-refractivity contribution in [3.8, 4) is 0 Å². The van der Waals surface area contributed by atoms with Gasteiger partial charge in [-0.1, -0.05) is 200 Å². The Morgan fingerprint density at radius 3 is 0.721 bits per heavy atom. The molecule has 8 heteroatoms. The van der Waals surface area contributed by atoms with Gasteiger partial charge in [-0.15, -0.1) is 0 Å². The quantitative estimate of drug-likeness (QED) is 0.0448. The molecule has 4 N–H and O–H groups in total. The number of nitrogens with zero attached hydrogens (tertiary/aromatic N) is 4. The summed E-state index contributed by atoms with van der Waals surface area (Å²) in [6, 6.07) is 33.9. The van der Waals surface area contributed by atoms with E-state index in [4.69, 9.17) is 20.0 Å². The Kier molecular flexibility index (Phi) is 21.7. The fraction of sp³-hybridized carbons (Fsp3) is 0.467. The number of aryl methyl sites for hydroxylation is 4. The van der Waals surface area contributed by atoms with Gasteiger partial charge in [-0.3, -0.25) is 0 Å². The van der Waals surface area contributed by atoms with E-state index in [9.17, 15) is 0 Å². The van der Waals surface area contributed by atoms with E-state index in [2.05, 4.69) is 160 Å². The van der Waals surface area contributed by atoms with Crippen molar-refractivity contribution in [2.75, 3.05) is 21.3 Å². The largest absolute Gasteiger partial charge is 0.337 e. The summed E-state index contributed by atoms with van der Waals surface area (Å²) in [5.74, 6) is 4.28. The summed E-state index contributed by atoms with van der Waals surface area (Å²) in [5.41, 5.74) is 11.0. The van der Waals surface area contributed by atoms with Crippen molar-refractivity contribution in [1.29, 1.82) is 0 Å². The number of amidine groups is 4. The molecular formula is C60H82N8. The summed E-state index contributed by atoms with van der Waals surface area (Å²) in [6.07, 6.45) is 27.2. The summed E-state index contributed by atoms with van der Waals surface area (Å²) >= 11 is 0. The first-order chi connectivity index (χ1) is 33.3. The Morgan fingerprint density at radius 1 is 0.294 bits per heavy atom. The smallest absolute Gasteiger partial charge is 0.176 e. The minimum atomic E-state index is 0.704. The van der Waals surface area contributed by atoms with Crippen LogP contribution in [0.25, 0.3) is 0 Å². The van der Waals surface area contributed by atoms with Crippen LogP contribution in [-0.2, 0) is 0 Å². The number of rotatable bonds is 27. The first-order valence-electron chi connectivity index (χ1n) is 26.4. The number of aliphatic imine (C=N–C) groups is 4. The fourth-order valence-corrected chi connectivity index (χ4v) is 8.77. The molecule has 0 bridgehead atoms. The lowest BCUT2D eigenvalue weighted by Crippen LogP contribution is -2.27. The molecule has 0 amide bonds. The van der Waals surface area contributed by atoms with Crippen LogP contribution in [0.2, 0.25) is 0 Å². The van der Waals surface area contributed by atoms with Gasteiger partial charge in [0.05, 0.1) is 0 Å². The third-order valence-corrected chi connectivity index (χ3v) is 13.0. The second kappa shape index (κ2) is 28.5. The molecule has 0 saturated carbocycles. The molecule has 8 nitrogen and oxygen atoms in total. The van der Waals surface area contributed by atoms with Crippen molar-refractivity contribution < 1.29 is 0 Å². The molecule has 362 valence electrons. The van der Waals surface area contributed by atoms with Gasteiger partial charge in [-0.25, -0.2) is 20.0 Å². The molecule has 68 heavy (non-hydrogen) atoms. The number of nitrogens with one attached hydrogen (secondary N) is 4. The lowest BCUT2D eigenvalue weighted by atomic mass is 9.93. The Morgan fingerprint density at radius 2 is 0.500 bits per heavy atom. The van der Waals surface area contributed by atoms with Crippen LogP contribution >= 0.6 is 0 Å². The number of hydrogen-bond donors (Lipinski definition) is 4. The molecule has 2 aliphatic rings. The Hall–Kier alpha value is -5.76. The van der Waals surface area contributed by atoms with E-state index >= 15 is 0 Å².